The highest BCUT2D eigenvalue weighted by Crippen LogP contribution is 2.26. The number of ether oxygens (including phenoxy) is 1. The van der Waals surface area contributed by atoms with Gasteiger partial charge in [-0.15, -0.1) is 0 Å². The van der Waals surface area contributed by atoms with Gasteiger partial charge < -0.3 is 10.1 Å². The third-order valence-electron chi connectivity index (χ3n) is 4.33. The molecule has 0 aromatic heterocycles. The van der Waals surface area contributed by atoms with Crippen LogP contribution in [0.4, 0.5) is 0 Å². The average Bonchev–Trinajstić information content (AvgIpc) is 2.46. The van der Waals surface area contributed by atoms with Crippen LogP contribution in [0.1, 0.15) is 43.7 Å². The molecule has 0 unspecified atom stereocenters. The molecule has 0 spiro atoms. The Morgan fingerprint density at radius 3 is 2.68 bits per heavy atom. The van der Waals surface area contributed by atoms with Crippen LogP contribution in [-0.4, -0.2) is 32.6 Å². The van der Waals surface area contributed by atoms with Gasteiger partial charge in [0.25, 0.3) is 0 Å². The average molecular weight is 325 g/mol. The minimum absolute atomic E-state index is 0.0412. The molecule has 0 bridgehead atoms. The molecule has 0 radical (unpaired) electrons. The second-order valence-corrected chi connectivity index (χ2v) is 8.45. The van der Waals surface area contributed by atoms with Crippen molar-refractivity contribution in [1.82, 2.24) is 5.32 Å². The Labute approximate surface area is 134 Å². The minimum Gasteiger partial charge on any atom is -0.494 e. The molecule has 124 valence electrons. The van der Waals surface area contributed by atoms with Gasteiger partial charge in [0.05, 0.1) is 11.9 Å². The van der Waals surface area contributed by atoms with E-state index in [0.29, 0.717) is 13.2 Å². The molecule has 1 fully saturated rings. The van der Waals surface area contributed by atoms with Crippen molar-refractivity contribution in [2.24, 2.45) is 0 Å². The van der Waals surface area contributed by atoms with Gasteiger partial charge in [0, 0.05) is 24.4 Å². The standard InChI is InChI=1S/C17H27NO3S/c1-4-21-16-11-13(2)9-10-14(16)12-18-15-7-5-6-8-17(15)22(3,19)20/h9-11,15,17-18H,4-8,12H2,1-3H3/t15-,17-/m0/s1. The lowest BCUT2D eigenvalue weighted by atomic mass is 9.94. The molecule has 22 heavy (non-hydrogen) atoms. The first-order valence-corrected chi connectivity index (χ1v) is 10.0. The normalized spacial score (nSPS) is 22.5. The van der Waals surface area contributed by atoms with E-state index in [1.807, 2.05) is 19.9 Å². The summed E-state index contributed by atoms with van der Waals surface area (Å²) in [4.78, 5) is 0. The summed E-state index contributed by atoms with van der Waals surface area (Å²) in [5, 5.41) is 3.19. The monoisotopic (exact) mass is 325 g/mol. The van der Waals surface area contributed by atoms with Gasteiger partial charge >= 0.3 is 0 Å². The van der Waals surface area contributed by atoms with Crippen LogP contribution in [0.3, 0.4) is 0 Å². The highest BCUT2D eigenvalue weighted by atomic mass is 32.2. The molecule has 4 nitrogen and oxygen atoms in total. The molecule has 0 aliphatic heterocycles. The number of sulfone groups is 1. The van der Waals surface area contributed by atoms with Gasteiger partial charge in [-0.25, -0.2) is 8.42 Å². The van der Waals surface area contributed by atoms with Gasteiger partial charge in [-0.3, -0.25) is 0 Å². The molecule has 0 saturated heterocycles. The molecule has 2 rings (SSSR count). The smallest absolute Gasteiger partial charge is 0.151 e. The van der Waals surface area contributed by atoms with Gasteiger partial charge in [-0.05, 0) is 38.3 Å². The summed E-state index contributed by atoms with van der Waals surface area (Å²) in [5.41, 5.74) is 2.25. The maximum Gasteiger partial charge on any atom is 0.151 e. The number of benzene rings is 1. The zero-order valence-electron chi connectivity index (χ0n) is 13.8. The number of hydrogen-bond donors (Lipinski definition) is 1. The fourth-order valence-corrected chi connectivity index (χ4v) is 4.61. The Morgan fingerprint density at radius 2 is 2.00 bits per heavy atom. The first kappa shape index (κ1) is 17.3. The highest BCUT2D eigenvalue weighted by molar-refractivity contribution is 7.91. The Bertz CT molecular complexity index is 598. The lowest BCUT2D eigenvalue weighted by molar-refractivity contribution is 0.330. The second-order valence-electron chi connectivity index (χ2n) is 6.18. The predicted molar refractivity (Wildman–Crippen MR) is 90.1 cm³/mol. The summed E-state index contributed by atoms with van der Waals surface area (Å²) >= 11 is 0. The zero-order chi connectivity index (χ0) is 16.2. The molecule has 2 atom stereocenters. The van der Waals surface area contributed by atoms with Crippen LogP contribution in [0, 0.1) is 6.92 Å². The molecule has 0 amide bonds. The highest BCUT2D eigenvalue weighted by Gasteiger charge is 2.32. The van der Waals surface area contributed by atoms with E-state index in [4.69, 9.17) is 4.74 Å². The largest absolute Gasteiger partial charge is 0.494 e. The molecular weight excluding hydrogens is 298 g/mol. The Balaban J connectivity index is 2.08. The lowest BCUT2D eigenvalue weighted by Crippen LogP contribution is -2.45. The summed E-state index contributed by atoms with van der Waals surface area (Å²) in [7, 11) is -3.00. The molecule has 0 heterocycles. The van der Waals surface area contributed by atoms with E-state index in [-0.39, 0.29) is 11.3 Å². The van der Waals surface area contributed by atoms with Gasteiger partial charge in [-0.1, -0.05) is 25.0 Å². The number of rotatable bonds is 6. The van der Waals surface area contributed by atoms with E-state index in [1.54, 1.807) is 0 Å². The Hall–Kier alpha value is -1.07. The van der Waals surface area contributed by atoms with Crippen molar-refractivity contribution in [1.29, 1.82) is 0 Å². The third-order valence-corrected chi connectivity index (χ3v) is 5.99. The molecule has 1 aromatic rings. The first-order valence-electron chi connectivity index (χ1n) is 8.06. The van der Waals surface area contributed by atoms with E-state index in [1.165, 1.54) is 11.8 Å². The second kappa shape index (κ2) is 7.47. The molecule has 1 saturated carbocycles. The summed E-state index contributed by atoms with van der Waals surface area (Å²) < 4.78 is 29.6. The lowest BCUT2D eigenvalue weighted by Gasteiger charge is -2.31. The zero-order valence-corrected chi connectivity index (χ0v) is 14.6. The Morgan fingerprint density at radius 1 is 1.27 bits per heavy atom. The molecule has 1 aliphatic rings. The van der Waals surface area contributed by atoms with E-state index >= 15 is 0 Å². The first-order chi connectivity index (χ1) is 10.4. The van der Waals surface area contributed by atoms with E-state index < -0.39 is 9.84 Å². The van der Waals surface area contributed by atoms with Crippen LogP contribution in [0.2, 0.25) is 0 Å². The van der Waals surface area contributed by atoms with Crippen molar-refractivity contribution in [3.05, 3.63) is 29.3 Å². The molecule has 1 aliphatic carbocycles. The summed E-state index contributed by atoms with van der Waals surface area (Å²) in [5.74, 6) is 0.890. The van der Waals surface area contributed by atoms with Crippen molar-refractivity contribution in [3.63, 3.8) is 0 Å². The van der Waals surface area contributed by atoms with Crippen LogP contribution in [-0.2, 0) is 16.4 Å². The van der Waals surface area contributed by atoms with Crippen LogP contribution < -0.4 is 10.1 Å². The quantitative estimate of drug-likeness (QED) is 0.874. The Kier molecular flexibility index (Phi) is 5.87. The third kappa shape index (κ3) is 4.46. The summed E-state index contributed by atoms with van der Waals surface area (Å²) in [6.45, 7) is 5.29. The van der Waals surface area contributed by atoms with Crippen LogP contribution in [0.15, 0.2) is 18.2 Å². The van der Waals surface area contributed by atoms with Gasteiger partial charge in [0.1, 0.15) is 5.75 Å². The predicted octanol–water partition coefficient (Wildman–Crippen LogP) is 2.84. The van der Waals surface area contributed by atoms with E-state index in [0.717, 1.165) is 37.0 Å². The van der Waals surface area contributed by atoms with Crippen LogP contribution in [0.5, 0.6) is 5.75 Å². The summed E-state index contributed by atoms with van der Waals surface area (Å²) in [6.07, 6.45) is 5.14. The molecule has 1 aromatic carbocycles. The van der Waals surface area contributed by atoms with Crippen LogP contribution >= 0.6 is 0 Å². The number of nitrogens with one attached hydrogen (secondary N) is 1. The SMILES string of the molecule is CCOc1cc(C)ccc1CN[C@H]1CCCC[C@@H]1S(C)(=O)=O. The summed E-state index contributed by atoms with van der Waals surface area (Å²) in [6, 6.07) is 6.20. The van der Waals surface area contributed by atoms with Gasteiger partial charge in [-0.2, -0.15) is 0 Å². The van der Waals surface area contributed by atoms with E-state index in [9.17, 15) is 8.42 Å². The number of aryl methyl sites for hydroxylation is 1. The van der Waals surface area contributed by atoms with Crippen LogP contribution in [0.25, 0.3) is 0 Å². The van der Waals surface area contributed by atoms with Crippen molar-refractivity contribution >= 4 is 9.84 Å². The van der Waals surface area contributed by atoms with Crippen molar-refractivity contribution in [3.8, 4) is 5.75 Å². The van der Waals surface area contributed by atoms with Crippen molar-refractivity contribution in [2.75, 3.05) is 12.9 Å². The van der Waals surface area contributed by atoms with Gasteiger partial charge in [0.15, 0.2) is 9.84 Å². The number of hydrogen-bond acceptors (Lipinski definition) is 4. The maximum atomic E-state index is 12.0. The van der Waals surface area contributed by atoms with Gasteiger partial charge in [0.2, 0.25) is 0 Å². The molecular formula is C17H27NO3S. The fourth-order valence-electron chi connectivity index (χ4n) is 3.18. The van der Waals surface area contributed by atoms with Crippen molar-refractivity contribution in [2.45, 2.75) is 57.4 Å². The topological polar surface area (TPSA) is 55.4 Å². The molecule has 1 N–H and O–H groups in total. The maximum absolute atomic E-state index is 12.0. The molecule has 5 heteroatoms. The van der Waals surface area contributed by atoms with E-state index in [2.05, 4.69) is 17.4 Å². The minimum atomic E-state index is -3.00. The fraction of sp³-hybridized carbons (Fsp3) is 0.647. The van der Waals surface area contributed by atoms with Crippen molar-refractivity contribution < 1.29 is 13.2 Å².